The molecular formula is C14H21NO6. The molecule has 0 aromatic heterocycles. The van der Waals surface area contributed by atoms with Crippen molar-refractivity contribution in [2.75, 3.05) is 6.54 Å². The molecule has 0 fully saturated rings. The molecule has 0 spiro atoms. The van der Waals surface area contributed by atoms with Crippen LogP contribution in [0.3, 0.4) is 0 Å². The standard InChI is InChI=1S/C14H21NO6/c1-2-7(4-9(6-15)14(20)21)3-8-5-10(16)12(18)13(19)11(8)17/h5,7,9,16-19H,2-4,6,15H2,1H3,(H,20,21). The van der Waals surface area contributed by atoms with Crippen LogP contribution in [0.4, 0.5) is 0 Å². The van der Waals surface area contributed by atoms with E-state index in [1.165, 1.54) is 0 Å². The third-order valence-corrected chi connectivity index (χ3v) is 3.64. The zero-order chi connectivity index (χ0) is 16.2. The Morgan fingerprint density at radius 3 is 2.29 bits per heavy atom. The fraction of sp³-hybridized carbons (Fsp3) is 0.500. The molecule has 2 atom stereocenters. The number of carbonyl (C=O) groups is 1. The normalized spacial score (nSPS) is 13.8. The van der Waals surface area contributed by atoms with Crippen molar-refractivity contribution < 1.29 is 30.3 Å². The quantitative estimate of drug-likeness (QED) is 0.327. The minimum atomic E-state index is -0.975. The van der Waals surface area contributed by atoms with Crippen LogP contribution in [0.25, 0.3) is 0 Å². The highest BCUT2D eigenvalue weighted by atomic mass is 16.4. The summed E-state index contributed by atoms with van der Waals surface area (Å²) in [7, 11) is 0. The van der Waals surface area contributed by atoms with E-state index in [-0.39, 0.29) is 24.4 Å². The van der Waals surface area contributed by atoms with E-state index in [9.17, 15) is 25.2 Å². The van der Waals surface area contributed by atoms with Crippen molar-refractivity contribution in [2.45, 2.75) is 26.2 Å². The summed E-state index contributed by atoms with van der Waals surface area (Å²) in [6, 6.07) is 1.16. The molecule has 118 valence electrons. The van der Waals surface area contributed by atoms with Crippen LogP contribution >= 0.6 is 0 Å². The molecule has 1 rings (SSSR count). The summed E-state index contributed by atoms with van der Waals surface area (Å²) in [6.45, 7) is 1.89. The Hall–Kier alpha value is -2.15. The van der Waals surface area contributed by atoms with Gasteiger partial charge in [0, 0.05) is 12.1 Å². The lowest BCUT2D eigenvalue weighted by molar-refractivity contribution is -0.142. The lowest BCUT2D eigenvalue weighted by Gasteiger charge is -2.20. The van der Waals surface area contributed by atoms with Crippen LogP contribution in [-0.4, -0.2) is 38.0 Å². The molecule has 0 radical (unpaired) electrons. The van der Waals surface area contributed by atoms with Crippen LogP contribution in [0.5, 0.6) is 23.0 Å². The number of carboxylic acid groups (broad SMARTS) is 1. The van der Waals surface area contributed by atoms with E-state index in [2.05, 4.69) is 0 Å². The smallest absolute Gasteiger partial charge is 0.307 e. The largest absolute Gasteiger partial charge is 0.504 e. The van der Waals surface area contributed by atoms with Crippen LogP contribution < -0.4 is 5.73 Å². The van der Waals surface area contributed by atoms with Crippen molar-refractivity contribution in [3.63, 3.8) is 0 Å². The molecule has 0 aliphatic carbocycles. The summed E-state index contributed by atoms with van der Waals surface area (Å²) in [6.07, 6.45) is 1.23. The third kappa shape index (κ3) is 3.91. The van der Waals surface area contributed by atoms with Gasteiger partial charge >= 0.3 is 5.97 Å². The Morgan fingerprint density at radius 1 is 1.19 bits per heavy atom. The van der Waals surface area contributed by atoms with E-state index in [1.807, 2.05) is 6.92 Å². The minimum Gasteiger partial charge on any atom is -0.504 e. The van der Waals surface area contributed by atoms with E-state index in [4.69, 9.17) is 10.8 Å². The SMILES string of the molecule is CCC(Cc1cc(O)c(O)c(O)c1O)CC(CN)C(=O)O. The third-order valence-electron chi connectivity index (χ3n) is 3.64. The Labute approximate surface area is 122 Å². The molecule has 1 aromatic rings. The molecule has 7 heteroatoms. The van der Waals surface area contributed by atoms with Gasteiger partial charge in [0.25, 0.3) is 0 Å². The Kier molecular flexibility index (Phi) is 5.66. The molecule has 0 heterocycles. The van der Waals surface area contributed by atoms with Gasteiger partial charge in [-0.15, -0.1) is 0 Å². The average molecular weight is 299 g/mol. The lowest BCUT2D eigenvalue weighted by atomic mass is 9.87. The molecule has 0 amide bonds. The first-order valence-electron chi connectivity index (χ1n) is 6.70. The second-order valence-corrected chi connectivity index (χ2v) is 5.09. The van der Waals surface area contributed by atoms with E-state index in [1.54, 1.807) is 0 Å². The van der Waals surface area contributed by atoms with Crippen molar-refractivity contribution >= 4 is 5.97 Å². The summed E-state index contributed by atoms with van der Waals surface area (Å²) in [5, 5.41) is 47.1. The predicted octanol–water partition coefficient (Wildman–Crippen LogP) is 1.13. The Balaban J connectivity index is 2.94. The number of carboxylic acids is 1. The zero-order valence-corrected chi connectivity index (χ0v) is 11.8. The number of phenolic OH excluding ortho intramolecular Hbond substituents is 4. The first-order chi connectivity index (χ1) is 9.81. The fourth-order valence-electron chi connectivity index (χ4n) is 2.25. The van der Waals surface area contributed by atoms with E-state index in [0.29, 0.717) is 12.8 Å². The van der Waals surface area contributed by atoms with Crippen LogP contribution in [0.15, 0.2) is 6.07 Å². The molecule has 0 saturated carbocycles. The lowest BCUT2D eigenvalue weighted by Crippen LogP contribution is -2.26. The van der Waals surface area contributed by atoms with Gasteiger partial charge in [-0.1, -0.05) is 13.3 Å². The number of nitrogens with two attached hydrogens (primary N) is 1. The van der Waals surface area contributed by atoms with Gasteiger partial charge < -0.3 is 31.3 Å². The summed E-state index contributed by atoms with van der Waals surface area (Å²) >= 11 is 0. The summed E-state index contributed by atoms with van der Waals surface area (Å²) < 4.78 is 0. The highest BCUT2D eigenvalue weighted by Crippen LogP contribution is 2.44. The van der Waals surface area contributed by atoms with Crippen molar-refractivity contribution in [3.05, 3.63) is 11.6 Å². The summed E-state index contributed by atoms with van der Waals surface area (Å²) in [5.41, 5.74) is 5.67. The number of hydrogen-bond donors (Lipinski definition) is 6. The maximum Gasteiger partial charge on any atom is 0.307 e. The molecule has 7 nitrogen and oxygen atoms in total. The summed E-state index contributed by atoms with van der Waals surface area (Å²) in [5.74, 6) is -4.37. The molecule has 0 aliphatic rings. The molecule has 0 saturated heterocycles. The van der Waals surface area contributed by atoms with Gasteiger partial charge in [0.05, 0.1) is 5.92 Å². The topological polar surface area (TPSA) is 144 Å². The maximum absolute atomic E-state index is 11.0. The van der Waals surface area contributed by atoms with Crippen LogP contribution in [-0.2, 0) is 11.2 Å². The fourth-order valence-corrected chi connectivity index (χ4v) is 2.25. The Bertz CT molecular complexity index is 517. The van der Waals surface area contributed by atoms with Crippen molar-refractivity contribution in [1.29, 1.82) is 0 Å². The second kappa shape index (κ2) is 7.03. The van der Waals surface area contributed by atoms with E-state index >= 15 is 0 Å². The van der Waals surface area contributed by atoms with Crippen LogP contribution in [0.1, 0.15) is 25.3 Å². The predicted molar refractivity (Wildman–Crippen MR) is 75.4 cm³/mol. The monoisotopic (exact) mass is 299 g/mol. The first-order valence-corrected chi connectivity index (χ1v) is 6.70. The second-order valence-electron chi connectivity index (χ2n) is 5.09. The molecule has 1 aromatic carbocycles. The molecule has 21 heavy (non-hydrogen) atoms. The van der Waals surface area contributed by atoms with Gasteiger partial charge in [-0.2, -0.15) is 0 Å². The number of hydrogen-bond acceptors (Lipinski definition) is 6. The first kappa shape index (κ1) is 16.9. The van der Waals surface area contributed by atoms with Gasteiger partial charge in [0.1, 0.15) is 0 Å². The number of aliphatic carboxylic acids is 1. The number of benzene rings is 1. The van der Waals surface area contributed by atoms with E-state index < -0.39 is 34.9 Å². The van der Waals surface area contributed by atoms with Gasteiger partial charge in [0.2, 0.25) is 11.5 Å². The molecule has 7 N–H and O–H groups in total. The van der Waals surface area contributed by atoms with Gasteiger partial charge in [-0.25, -0.2) is 0 Å². The summed E-state index contributed by atoms with van der Waals surface area (Å²) in [4.78, 5) is 11.0. The highest BCUT2D eigenvalue weighted by Gasteiger charge is 2.23. The minimum absolute atomic E-state index is 0.0178. The van der Waals surface area contributed by atoms with Crippen molar-refractivity contribution in [2.24, 2.45) is 17.6 Å². The highest BCUT2D eigenvalue weighted by molar-refractivity contribution is 5.70. The van der Waals surface area contributed by atoms with E-state index in [0.717, 1.165) is 6.07 Å². The molecule has 2 unspecified atom stereocenters. The zero-order valence-electron chi connectivity index (χ0n) is 11.8. The van der Waals surface area contributed by atoms with Crippen LogP contribution in [0, 0.1) is 11.8 Å². The number of rotatable bonds is 7. The Morgan fingerprint density at radius 2 is 1.81 bits per heavy atom. The van der Waals surface area contributed by atoms with Crippen LogP contribution in [0.2, 0.25) is 0 Å². The van der Waals surface area contributed by atoms with Gasteiger partial charge in [0.15, 0.2) is 11.5 Å². The van der Waals surface area contributed by atoms with Gasteiger partial charge in [-0.05, 0) is 24.8 Å². The van der Waals surface area contributed by atoms with Gasteiger partial charge in [-0.3, -0.25) is 4.79 Å². The average Bonchev–Trinajstić information content (AvgIpc) is 2.45. The van der Waals surface area contributed by atoms with Crippen molar-refractivity contribution in [3.8, 4) is 23.0 Å². The number of phenols is 4. The number of aromatic hydroxyl groups is 4. The van der Waals surface area contributed by atoms with Crippen molar-refractivity contribution in [1.82, 2.24) is 0 Å². The molecular weight excluding hydrogens is 278 g/mol. The maximum atomic E-state index is 11.0. The molecule has 0 bridgehead atoms. The molecule has 0 aliphatic heterocycles.